The highest BCUT2D eigenvalue weighted by atomic mass is 79.9. The molecule has 1 rings (SSSR count). The maximum absolute atomic E-state index is 8.27. The monoisotopic (exact) mass is 218 g/mol. The SMILES string of the molecule is Br.N#CCCCN1CCCC1. The van der Waals surface area contributed by atoms with Crippen LogP contribution in [0.1, 0.15) is 25.7 Å². The van der Waals surface area contributed by atoms with E-state index >= 15 is 0 Å². The Morgan fingerprint density at radius 2 is 1.91 bits per heavy atom. The lowest BCUT2D eigenvalue weighted by Gasteiger charge is -2.11. The molecule has 1 saturated heterocycles. The van der Waals surface area contributed by atoms with E-state index in [0.717, 1.165) is 19.4 Å². The molecule has 1 aliphatic heterocycles. The van der Waals surface area contributed by atoms with Crippen LogP contribution in [0.5, 0.6) is 0 Å². The van der Waals surface area contributed by atoms with Crippen molar-refractivity contribution in [1.29, 1.82) is 5.26 Å². The van der Waals surface area contributed by atoms with Crippen molar-refractivity contribution in [2.75, 3.05) is 19.6 Å². The summed E-state index contributed by atoms with van der Waals surface area (Å²) in [5.41, 5.74) is 0. The fraction of sp³-hybridized carbons (Fsp3) is 0.875. The second-order valence-corrected chi connectivity index (χ2v) is 2.81. The number of likely N-dealkylation sites (tertiary alicyclic amines) is 1. The van der Waals surface area contributed by atoms with Crippen LogP contribution in [-0.4, -0.2) is 24.5 Å². The van der Waals surface area contributed by atoms with E-state index in [-0.39, 0.29) is 17.0 Å². The predicted octanol–water partition coefficient (Wildman–Crippen LogP) is 1.96. The number of nitrogens with zero attached hydrogens (tertiary/aromatic N) is 2. The van der Waals surface area contributed by atoms with Crippen molar-refractivity contribution in [1.82, 2.24) is 4.90 Å². The Bertz CT molecular complexity index is 125. The molecule has 0 amide bonds. The third kappa shape index (κ3) is 4.39. The molecule has 0 aromatic rings. The molecule has 0 spiro atoms. The lowest BCUT2D eigenvalue weighted by molar-refractivity contribution is 0.335. The molecule has 2 nitrogen and oxygen atoms in total. The van der Waals surface area contributed by atoms with Gasteiger partial charge >= 0.3 is 0 Å². The molecule has 0 bridgehead atoms. The molecule has 0 aromatic heterocycles. The van der Waals surface area contributed by atoms with Crippen LogP contribution in [0.2, 0.25) is 0 Å². The average Bonchev–Trinajstić information content (AvgIpc) is 2.41. The number of halogens is 1. The van der Waals surface area contributed by atoms with Crippen molar-refractivity contribution in [3.63, 3.8) is 0 Å². The molecule has 0 unspecified atom stereocenters. The van der Waals surface area contributed by atoms with Crippen LogP contribution in [0, 0.1) is 11.3 Å². The molecule has 0 saturated carbocycles. The summed E-state index contributed by atoms with van der Waals surface area (Å²) >= 11 is 0. The zero-order valence-corrected chi connectivity index (χ0v) is 8.47. The van der Waals surface area contributed by atoms with E-state index in [1.54, 1.807) is 0 Å². The van der Waals surface area contributed by atoms with E-state index < -0.39 is 0 Å². The summed E-state index contributed by atoms with van der Waals surface area (Å²) < 4.78 is 0. The minimum Gasteiger partial charge on any atom is -0.303 e. The Labute approximate surface area is 79.0 Å². The first-order valence-electron chi connectivity index (χ1n) is 4.03. The topological polar surface area (TPSA) is 27.0 Å². The van der Waals surface area contributed by atoms with Gasteiger partial charge in [-0.05, 0) is 38.9 Å². The van der Waals surface area contributed by atoms with Gasteiger partial charge in [0.2, 0.25) is 0 Å². The molecule has 0 atom stereocenters. The highest BCUT2D eigenvalue weighted by Gasteiger charge is 2.09. The van der Waals surface area contributed by atoms with Crippen LogP contribution >= 0.6 is 17.0 Å². The lowest BCUT2D eigenvalue weighted by Crippen LogP contribution is -2.19. The van der Waals surface area contributed by atoms with Gasteiger partial charge in [-0.3, -0.25) is 0 Å². The van der Waals surface area contributed by atoms with Gasteiger partial charge in [0.1, 0.15) is 0 Å². The van der Waals surface area contributed by atoms with Crippen molar-refractivity contribution in [2.45, 2.75) is 25.7 Å². The Kier molecular flexibility index (Phi) is 6.59. The second-order valence-electron chi connectivity index (χ2n) is 2.81. The van der Waals surface area contributed by atoms with Crippen molar-refractivity contribution in [3.05, 3.63) is 0 Å². The lowest BCUT2D eigenvalue weighted by atomic mass is 10.3. The number of hydrogen-bond donors (Lipinski definition) is 0. The molecule has 0 aromatic carbocycles. The quantitative estimate of drug-likeness (QED) is 0.678. The Balaban J connectivity index is 0.000001000. The summed E-state index contributed by atoms with van der Waals surface area (Å²) in [5.74, 6) is 0. The molecule has 0 aliphatic carbocycles. The van der Waals surface area contributed by atoms with Crippen LogP contribution in [0.3, 0.4) is 0 Å². The molecule has 64 valence electrons. The first kappa shape index (κ1) is 10.9. The highest BCUT2D eigenvalue weighted by Crippen LogP contribution is 2.07. The standard InChI is InChI=1S/C8H14N2.BrH/c9-5-1-2-6-10-7-3-4-8-10;/h1-4,6-8H2;1H. The molecule has 1 aliphatic rings. The van der Waals surface area contributed by atoms with Crippen LogP contribution in [0.4, 0.5) is 0 Å². The van der Waals surface area contributed by atoms with Crippen molar-refractivity contribution < 1.29 is 0 Å². The third-order valence-electron chi connectivity index (χ3n) is 1.96. The van der Waals surface area contributed by atoms with Gasteiger partial charge in [-0.2, -0.15) is 5.26 Å². The van der Waals surface area contributed by atoms with E-state index in [1.165, 1.54) is 25.9 Å². The van der Waals surface area contributed by atoms with Crippen molar-refractivity contribution in [3.8, 4) is 6.07 Å². The molecule has 1 heterocycles. The molecule has 1 fully saturated rings. The number of rotatable bonds is 3. The normalized spacial score (nSPS) is 17.4. The number of unbranched alkanes of at least 4 members (excludes halogenated alkanes) is 1. The average molecular weight is 219 g/mol. The zero-order valence-electron chi connectivity index (χ0n) is 6.75. The summed E-state index contributed by atoms with van der Waals surface area (Å²) in [4.78, 5) is 2.44. The van der Waals surface area contributed by atoms with E-state index in [9.17, 15) is 0 Å². The smallest absolute Gasteiger partial charge is 0.0622 e. The first-order chi connectivity index (χ1) is 4.93. The van der Waals surface area contributed by atoms with Gasteiger partial charge in [-0.15, -0.1) is 17.0 Å². The van der Waals surface area contributed by atoms with Gasteiger partial charge in [0.05, 0.1) is 6.07 Å². The molecular weight excluding hydrogens is 204 g/mol. The van der Waals surface area contributed by atoms with E-state index in [1.807, 2.05) is 0 Å². The van der Waals surface area contributed by atoms with Gasteiger partial charge in [-0.1, -0.05) is 0 Å². The third-order valence-corrected chi connectivity index (χ3v) is 1.96. The fourth-order valence-corrected chi connectivity index (χ4v) is 1.39. The van der Waals surface area contributed by atoms with Crippen LogP contribution in [0.25, 0.3) is 0 Å². The molecule has 11 heavy (non-hydrogen) atoms. The summed E-state index contributed by atoms with van der Waals surface area (Å²) in [6.07, 6.45) is 4.48. The minimum atomic E-state index is 0. The Morgan fingerprint density at radius 3 is 2.45 bits per heavy atom. The van der Waals surface area contributed by atoms with Crippen LogP contribution < -0.4 is 0 Å². The molecule has 0 N–H and O–H groups in total. The maximum Gasteiger partial charge on any atom is 0.0622 e. The van der Waals surface area contributed by atoms with Gasteiger partial charge in [0.25, 0.3) is 0 Å². The molecule has 3 heteroatoms. The highest BCUT2D eigenvalue weighted by molar-refractivity contribution is 8.93. The maximum atomic E-state index is 8.27. The molecular formula is C8H15BrN2. The fourth-order valence-electron chi connectivity index (χ4n) is 1.39. The Morgan fingerprint density at radius 1 is 1.27 bits per heavy atom. The summed E-state index contributed by atoms with van der Waals surface area (Å²) in [7, 11) is 0. The summed E-state index contributed by atoms with van der Waals surface area (Å²) in [6.45, 7) is 3.64. The largest absolute Gasteiger partial charge is 0.303 e. The molecule has 0 radical (unpaired) electrons. The van der Waals surface area contributed by atoms with Gasteiger partial charge in [0, 0.05) is 6.42 Å². The summed E-state index contributed by atoms with van der Waals surface area (Å²) in [6, 6.07) is 2.16. The van der Waals surface area contributed by atoms with E-state index in [2.05, 4.69) is 11.0 Å². The van der Waals surface area contributed by atoms with Gasteiger partial charge in [0.15, 0.2) is 0 Å². The minimum absolute atomic E-state index is 0. The number of nitriles is 1. The predicted molar refractivity (Wildman–Crippen MR) is 50.8 cm³/mol. The second kappa shape index (κ2) is 6.63. The first-order valence-corrected chi connectivity index (χ1v) is 4.03. The van der Waals surface area contributed by atoms with Crippen LogP contribution in [-0.2, 0) is 0 Å². The number of hydrogen-bond acceptors (Lipinski definition) is 2. The van der Waals surface area contributed by atoms with Crippen LogP contribution in [0.15, 0.2) is 0 Å². The van der Waals surface area contributed by atoms with E-state index in [4.69, 9.17) is 5.26 Å². The van der Waals surface area contributed by atoms with Gasteiger partial charge < -0.3 is 4.90 Å². The van der Waals surface area contributed by atoms with Crippen molar-refractivity contribution >= 4 is 17.0 Å². The van der Waals surface area contributed by atoms with Crippen molar-refractivity contribution in [2.24, 2.45) is 0 Å². The summed E-state index contributed by atoms with van der Waals surface area (Å²) in [5, 5.41) is 8.27. The van der Waals surface area contributed by atoms with E-state index in [0.29, 0.717) is 0 Å². The Hall–Kier alpha value is -0.0700. The zero-order chi connectivity index (χ0) is 7.23. The van der Waals surface area contributed by atoms with Gasteiger partial charge in [-0.25, -0.2) is 0 Å².